The molecule has 0 radical (unpaired) electrons. The molecule has 2 heterocycles. The standard InChI is InChI=1S/C18H17N3O3/c1-2-23-16-8-4-3-7-15(16)18(22)21-11-14(12-21)24-17-13(10-19)6-5-9-20-17/h3-9,14H,2,11-12H2,1H3. The van der Waals surface area contributed by atoms with Gasteiger partial charge in [0, 0.05) is 6.20 Å². The monoisotopic (exact) mass is 323 g/mol. The van der Waals surface area contributed by atoms with Gasteiger partial charge in [0.2, 0.25) is 5.88 Å². The summed E-state index contributed by atoms with van der Waals surface area (Å²) in [4.78, 5) is 18.3. The second-order valence-corrected chi connectivity index (χ2v) is 5.35. The number of hydrogen-bond donors (Lipinski definition) is 0. The summed E-state index contributed by atoms with van der Waals surface area (Å²) in [6.45, 7) is 3.31. The Balaban J connectivity index is 1.63. The summed E-state index contributed by atoms with van der Waals surface area (Å²) in [5.74, 6) is 0.818. The lowest BCUT2D eigenvalue weighted by Gasteiger charge is -2.38. The fourth-order valence-corrected chi connectivity index (χ4v) is 2.50. The number of benzene rings is 1. The Morgan fingerprint density at radius 2 is 2.12 bits per heavy atom. The van der Waals surface area contributed by atoms with Crippen LogP contribution in [0.1, 0.15) is 22.8 Å². The topological polar surface area (TPSA) is 75.4 Å². The molecule has 1 amide bonds. The molecule has 1 aromatic carbocycles. The number of carbonyl (C=O) groups is 1. The van der Waals surface area contributed by atoms with E-state index in [1.807, 2.05) is 25.1 Å². The Bertz CT molecular complexity index is 779. The van der Waals surface area contributed by atoms with Crippen molar-refractivity contribution in [1.29, 1.82) is 5.26 Å². The van der Waals surface area contributed by atoms with Crippen molar-refractivity contribution in [2.24, 2.45) is 0 Å². The molecule has 122 valence electrons. The van der Waals surface area contributed by atoms with E-state index in [4.69, 9.17) is 14.7 Å². The summed E-state index contributed by atoms with van der Waals surface area (Å²) in [7, 11) is 0. The zero-order valence-electron chi connectivity index (χ0n) is 13.3. The highest BCUT2D eigenvalue weighted by Gasteiger charge is 2.34. The van der Waals surface area contributed by atoms with Crippen LogP contribution in [0.25, 0.3) is 0 Å². The molecule has 1 aliphatic heterocycles. The largest absolute Gasteiger partial charge is 0.493 e. The predicted molar refractivity (Wildman–Crippen MR) is 86.9 cm³/mol. The maximum absolute atomic E-state index is 12.6. The number of carbonyl (C=O) groups excluding carboxylic acids is 1. The number of nitrogens with zero attached hydrogens (tertiary/aromatic N) is 3. The van der Waals surface area contributed by atoms with Crippen LogP contribution in [-0.4, -0.2) is 41.6 Å². The van der Waals surface area contributed by atoms with Crippen LogP contribution in [0.2, 0.25) is 0 Å². The molecule has 6 nitrogen and oxygen atoms in total. The molecule has 6 heteroatoms. The van der Waals surface area contributed by atoms with Gasteiger partial charge in [-0.1, -0.05) is 12.1 Å². The first-order valence-corrected chi connectivity index (χ1v) is 7.75. The number of rotatable bonds is 5. The van der Waals surface area contributed by atoms with Crippen molar-refractivity contribution in [1.82, 2.24) is 9.88 Å². The molecule has 0 atom stereocenters. The molecule has 24 heavy (non-hydrogen) atoms. The molecule has 0 bridgehead atoms. The Kier molecular flexibility index (Phi) is 4.62. The molecule has 0 saturated carbocycles. The maximum atomic E-state index is 12.6. The quantitative estimate of drug-likeness (QED) is 0.843. The molecular weight excluding hydrogens is 306 g/mol. The Labute approximate surface area is 140 Å². The second kappa shape index (κ2) is 7.01. The number of hydrogen-bond acceptors (Lipinski definition) is 5. The van der Waals surface area contributed by atoms with Gasteiger partial charge in [-0.2, -0.15) is 5.26 Å². The molecule has 0 N–H and O–H groups in total. The van der Waals surface area contributed by atoms with Gasteiger partial charge >= 0.3 is 0 Å². The van der Waals surface area contributed by atoms with Crippen molar-refractivity contribution < 1.29 is 14.3 Å². The van der Waals surface area contributed by atoms with Gasteiger partial charge in [0.1, 0.15) is 23.5 Å². The van der Waals surface area contributed by atoms with Crippen molar-refractivity contribution >= 4 is 5.91 Å². The van der Waals surface area contributed by atoms with Crippen LogP contribution in [0.4, 0.5) is 0 Å². The SMILES string of the molecule is CCOc1ccccc1C(=O)N1CC(Oc2ncccc2C#N)C1. The van der Waals surface area contributed by atoms with Crippen LogP contribution in [0, 0.1) is 11.3 Å². The number of ether oxygens (including phenoxy) is 2. The van der Waals surface area contributed by atoms with Gasteiger partial charge < -0.3 is 14.4 Å². The zero-order valence-corrected chi connectivity index (χ0v) is 13.3. The third-order valence-electron chi connectivity index (χ3n) is 3.72. The number of aromatic nitrogens is 1. The molecule has 1 aromatic heterocycles. The number of amides is 1. The summed E-state index contributed by atoms with van der Waals surface area (Å²) < 4.78 is 11.2. The number of pyridine rings is 1. The van der Waals surface area contributed by atoms with Gasteiger partial charge in [-0.05, 0) is 31.2 Å². The summed E-state index contributed by atoms with van der Waals surface area (Å²) in [5, 5.41) is 9.04. The number of nitriles is 1. The second-order valence-electron chi connectivity index (χ2n) is 5.35. The van der Waals surface area contributed by atoms with E-state index in [-0.39, 0.29) is 12.0 Å². The Hall–Kier alpha value is -3.07. The molecule has 0 aliphatic carbocycles. The first-order chi connectivity index (χ1) is 11.7. The van der Waals surface area contributed by atoms with E-state index in [1.54, 1.807) is 35.4 Å². The van der Waals surface area contributed by atoms with E-state index >= 15 is 0 Å². The Morgan fingerprint density at radius 1 is 1.33 bits per heavy atom. The Morgan fingerprint density at radius 3 is 2.88 bits per heavy atom. The van der Waals surface area contributed by atoms with Gasteiger partial charge in [-0.15, -0.1) is 0 Å². The predicted octanol–water partition coefficient (Wildman–Crippen LogP) is 2.26. The van der Waals surface area contributed by atoms with E-state index in [1.165, 1.54) is 0 Å². The normalized spacial score (nSPS) is 13.8. The van der Waals surface area contributed by atoms with Crippen molar-refractivity contribution in [2.75, 3.05) is 19.7 Å². The lowest BCUT2D eigenvalue weighted by molar-refractivity contribution is 0.0156. The third-order valence-corrected chi connectivity index (χ3v) is 3.72. The maximum Gasteiger partial charge on any atom is 0.257 e. The van der Waals surface area contributed by atoms with Crippen LogP contribution < -0.4 is 9.47 Å². The third kappa shape index (κ3) is 3.15. The van der Waals surface area contributed by atoms with Gasteiger partial charge in [-0.25, -0.2) is 4.98 Å². The van der Waals surface area contributed by atoms with E-state index < -0.39 is 0 Å². The van der Waals surface area contributed by atoms with Crippen LogP contribution in [-0.2, 0) is 0 Å². The lowest BCUT2D eigenvalue weighted by Crippen LogP contribution is -2.56. The first-order valence-electron chi connectivity index (χ1n) is 7.75. The van der Waals surface area contributed by atoms with Crippen molar-refractivity contribution in [3.05, 3.63) is 53.7 Å². The number of likely N-dealkylation sites (tertiary alicyclic amines) is 1. The van der Waals surface area contributed by atoms with E-state index in [9.17, 15) is 4.79 Å². The average Bonchev–Trinajstić information content (AvgIpc) is 2.58. The minimum atomic E-state index is -0.157. The van der Waals surface area contributed by atoms with Gasteiger partial charge in [0.15, 0.2) is 0 Å². The molecule has 1 aliphatic rings. The molecule has 1 saturated heterocycles. The molecule has 0 spiro atoms. The summed E-state index contributed by atoms with van der Waals surface area (Å²) in [5.41, 5.74) is 0.942. The van der Waals surface area contributed by atoms with Gasteiger partial charge in [-0.3, -0.25) is 4.79 Å². The highest BCUT2D eigenvalue weighted by atomic mass is 16.5. The fourth-order valence-electron chi connectivity index (χ4n) is 2.50. The minimum Gasteiger partial charge on any atom is -0.493 e. The van der Waals surface area contributed by atoms with E-state index in [2.05, 4.69) is 4.98 Å². The number of para-hydroxylation sites is 1. The van der Waals surface area contributed by atoms with Crippen molar-refractivity contribution in [2.45, 2.75) is 13.0 Å². The van der Waals surface area contributed by atoms with Crippen LogP contribution >= 0.6 is 0 Å². The van der Waals surface area contributed by atoms with Gasteiger partial charge in [0.25, 0.3) is 5.91 Å². The fraction of sp³-hybridized carbons (Fsp3) is 0.278. The van der Waals surface area contributed by atoms with E-state index in [0.717, 1.165) is 0 Å². The van der Waals surface area contributed by atoms with Crippen molar-refractivity contribution in [3.8, 4) is 17.7 Å². The van der Waals surface area contributed by atoms with E-state index in [0.29, 0.717) is 42.5 Å². The smallest absolute Gasteiger partial charge is 0.257 e. The molecule has 2 aromatic rings. The van der Waals surface area contributed by atoms with Crippen molar-refractivity contribution in [3.63, 3.8) is 0 Å². The van der Waals surface area contributed by atoms with Crippen LogP contribution in [0.5, 0.6) is 11.6 Å². The van der Waals surface area contributed by atoms with Gasteiger partial charge in [0.05, 0.1) is 25.3 Å². The van der Waals surface area contributed by atoms with Crippen LogP contribution in [0.15, 0.2) is 42.6 Å². The lowest BCUT2D eigenvalue weighted by atomic mass is 10.1. The summed E-state index contributed by atoms with van der Waals surface area (Å²) in [6.07, 6.45) is 1.42. The van der Waals surface area contributed by atoms with Crippen LogP contribution in [0.3, 0.4) is 0 Å². The first kappa shape index (κ1) is 15.8. The summed E-state index contributed by atoms with van der Waals surface area (Å²) in [6, 6.07) is 12.6. The molecular formula is C18H17N3O3. The minimum absolute atomic E-state index is 0.0829. The molecule has 0 unspecified atom stereocenters. The summed E-state index contributed by atoms with van der Waals surface area (Å²) >= 11 is 0. The highest BCUT2D eigenvalue weighted by molar-refractivity contribution is 5.97. The molecule has 3 rings (SSSR count). The highest BCUT2D eigenvalue weighted by Crippen LogP contribution is 2.24. The zero-order chi connectivity index (χ0) is 16.9. The average molecular weight is 323 g/mol. The molecule has 1 fully saturated rings.